The van der Waals surface area contributed by atoms with Crippen molar-refractivity contribution in [1.29, 1.82) is 0 Å². The molecule has 0 atom stereocenters. The van der Waals surface area contributed by atoms with Gasteiger partial charge in [-0.15, -0.1) is 0 Å². The van der Waals surface area contributed by atoms with Crippen molar-refractivity contribution in [1.82, 2.24) is 0 Å². The first-order chi connectivity index (χ1) is 9.05. The van der Waals surface area contributed by atoms with Gasteiger partial charge in [0.25, 0.3) is 0 Å². The summed E-state index contributed by atoms with van der Waals surface area (Å²) in [5.74, 6) is 0.312. The molecule has 0 heterocycles. The molecule has 1 aromatic rings. The van der Waals surface area contributed by atoms with E-state index in [0.29, 0.717) is 22.9 Å². The summed E-state index contributed by atoms with van der Waals surface area (Å²) in [6.07, 6.45) is 5.40. The van der Waals surface area contributed by atoms with Crippen LogP contribution in [0.2, 0.25) is 5.02 Å². The molecular formula is C15H21ClFNO. The second-order valence-electron chi connectivity index (χ2n) is 5.42. The Balaban J connectivity index is 2.64. The van der Waals surface area contributed by atoms with Crippen LogP contribution >= 0.6 is 11.6 Å². The van der Waals surface area contributed by atoms with E-state index in [0.717, 1.165) is 31.2 Å². The lowest BCUT2D eigenvalue weighted by Gasteiger charge is -2.39. The molecule has 19 heavy (non-hydrogen) atoms. The molecule has 4 heteroatoms. The maximum absolute atomic E-state index is 14.0. The highest BCUT2D eigenvalue weighted by molar-refractivity contribution is 6.32. The minimum absolute atomic E-state index is 0.195. The maximum Gasteiger partial charge on any atom is 0.141 e. The smallest absolute Gasteiger partial charge is 0.141 e. The first kappa shape index (κ1) is 14.6. The minimum Gasteiger partial charge on any atom is -0.495 e. The van der Waals surface area contributed by atoms with Gasteiger partial charge in [-0.3, -0.25) is 0 Å². The van der Waals surface area contributed by atoms with Gasteiger partial charge < -0.3 is 10.5 Å². The molecule has 106 valence electrons. The molecule has 1 fully saturated rings. The van der Waals surface area contributed by atoms with Crippen LogP contribution in [0.3, 0.4) is 0 Å². The Labute approximate surface area is 119 Å². The second kappa shape index (κ2) is 5.68. The van der Waals surface area contributed by atoms with Crippen molar-refractivity contribution in [3.8, 4) is 5.75 Å². The molecule has 1 saturated carbocycles. The molecule has 1 aliphatic carbocycles. The topological polar surface area (TPSA) is 35.2 Å². The van der Waals surface area contributed by atoms with Gasteiger partial charge in [0.05, 0.1) is 12.1 Å². The molecule has 1 aliphatic rings. The van der Waals surface area contributed by atoms with Crippen molar-refractivity contribution in [2.45, 2.75) is 44.4 Å². The Bertz CT molecular complexity index is 470. The molecule has 0 saturated heterocycles. The van der Waals surface area contributed by atoms with Crippen molar-refractivity contribution in [3.05, 3.63) is 28.0 Å². The summed E-state index contributed by atoms with van der Waals surface area (Å²) in [6.45, 7) is 2.29. The van der Waals surface area contributed by atoms with Crippen LogP contribution in [0.1, 0.15) is 43.2 Å². The molecule has 2 nitrogen and oxygen atoms in total. The Hall–Kier alpha value is -0.800. The lowest BCUT2D eigenvalue weighted by atomic mass is 9.68. The number of halogens is 2. The summed E-state index contributed by atoms with van der Waals surface area (Å²) in [6, 6.07) is 1.33. The van der Waals surface area contributed by atoms with E-state index in [4.69, 9.17) is 22.1 Å². The fraction of sp³-hybridized carbons (Fsp3) is 0.600. The summed E-state index contributed by atoms with van der Waals surface area (Å²) in [5, 5.41) is 0.332. The van der Waals surface area contributed by atoms with Crippen LogP contribution < -0.4 is 10.5 Å². The lowest BCUT2D eigenvalue weighted by Crippen LogP contribution is -2.38. The molecule has 0 unspecified atom stereocenters. The van der Waals surface area contributed by atoms with E-state index in [1.807, 2.05) is 0 Å². The average Bonchev–Trinajstić information content (AvgIpc) is 2.43. The van der Waals surface area contributed by atoms with Crippen LogP contribution in [0.4, 0.5) is 4.39 Å². The van der Waals surface area contributed by atoms with Gasteiger partial charge in [-0.25, -0.2) is 4.39 Å². The van der Waals surface area contributed by atoms with E-state index in [9.17, 15) is 4.39 Å². The summed E-state index contributed by atoms with van der Waals surface area (Å²) < 4.78 is 19.5. The van der Waals surface area contributed by atoms with E-state index in [-0.39, 0.29) is 11.2 Å². The molecule has 1 aromatic carbocycles. The van der Waals surface area contributed by atoms with E-state index >= 15 is 0 Å². The van der Waals surface area contributed by atoms with Crippen LogP contribution in [0.15, 0.2) is 6.07 Å². The van der Waals surface area contributed by atoms with Crippen LogP contribution in [0.5, 0.6) is 5.75 Å². The Kier molecular flexibility index (Phi) is 4.36. The number of ether oxygens (including phenoxy) is 1. The number of hydrogen-bond donors (Lipinski definition) is 1. The zero-order chi connectivity index (χ0) is 14.0. The average molecular weight is 286 g/mol. The molecule has 0 aromatic heterocycles. The van der Waals surface area contributed by atoms with Gasteiger partial charge in [0.15, 0.2) is 0 Å². The summed E-state index contributed by atoms with van der Waals surface area (Å²) in [4.78, 5) is 0. The van der Waals surface area contributed by atoms with Gasteiger partial charge in [-0.1, -0.05) is 30.9 Å². The monoisotopic (exact) mass is 285 g/mol. The van der Waals surface area contributed by atoms with E-state index < -0.39 is 0 Å². The third-order valence-corrected chi connectivity index (χ3v) is 4.65. The molecular weight excluding hydrogens is 265 g/mol. The van der Waals surface area contributed by atoms with Gasteiger partial charge in [0.2, 0.25) is 0 Å². The van der Waals surface area contributed by atoms with Gasteiger partial charge in [-0.05, 0) is 31.4 Å². The van der Waals surface area contributed by atoms with Crippen molar-refractivity contribution in [2.75, 3.05) is 13.7 Å². The van der Waals surface area contributed by atoms with Crippen molar-refractivity contribution in [2.24, 2.45) is 5.73 Å². The first-order valence-electron chi connectivity index (χ1n) is 6.79. The van der Waals surface area contributed by atoms with Gasteiger partial charge in [0.1, 0.15) is 11.6 Å². The number of rotatable bonds is 3. The molecule has 2 rings (SSSR count). The van der Waals surface area contributed by atoms with Crippen molar-refractivity contribution in [3.63, 3.8) is 0 Å². The van der Waals surface area contributed by atoms with Crippen LogP contribution in [0.25, 0.3) is 0 Å². The summed E-state index contributed by atoms with van der Waals surface area (Å²) >= 11 is 6.14. The molecule has 2 N–H and O–H groups in total. The summed E-state index contributed by atoms with van der Waals surface area (Å²) in [5.41, 5.74) is 7.34. The normalized spacial score (nSPS) is 18.4. The van der Waals surface area contributed by atoms with Crippen molar-refractivity contribution < 1.29 is 9.13 Å². The molecule has 0 bridgehead atoms. The summed E-state index contributed by atoms with van der Waals surface area (Å²) in [7, 11) is 1.58. The lowest BCUT2D eigenvalue weighted by molar-refractivity contribution is 0.285. The SMILES string of the molecule is COc1c(Cl)cc(F)c(C)c1C1(CN)CCCCC1. The molecule has 0 radical (unpaired) electrons. The molecule has 0 spiro atoms. The predicted octanol–water partition coefficient (Wildman–Crippen LogP) is 3.96. The predicted molar refractivity (Wildman–Crippen MR) is 76.5 cm³/mol. The van der Waals surface area contributed by atoms with Crippen LogP contribution in [-0.4, -0.2) is 13.7 Å². The quantitative estimate of drug-likeness (QED) is 0.912. The zero-order valence-electron chi connectivity index (χ0n) is 11.6. The fourth-order valence-electron chi connectivity index (χ4n) is 3.32. The van der Waals surface area contributed by atoms with Crippen molar-refractivity contribution >= 4 is 11.6 Å². The van der Waals surface area contributed by atoms with Crippen LogP contribution in [0, 0.1) is 12.7 Å². The molecule has 0 aliphatic heterocycles. The minimum atomic E-state index is -0.279. The Morgan fingerprint density at radius 3 is 2.53 bits per heavy atom. The highest BCUT2D eigenvalue weighted by Gasteiger charge is 2.37. The number of nitrogens with two attached hydrogens (primary N) is 1. The Morgan fingerprint density at radius 1 is 1.37 bits per heavy atom. The van der Waals surface area contributed by atoms with E-state index in [1.54, 1.807) is 14.0 Å². The first-order valence-corrected chi connectivity index (χ1v) is 7.16. The van der Waals surface area contributed by atoms with Gasteiger partial charge in [-0.2, -0.15) is 0 Å². The Morgan fingerprint density at radius 2 is 2.00 bits per heavy atom. The highest BCUT2D eigenvalue weighted by Crippen LogP contribution is 2.47. The van der Waals surface area contributed by atoms with Gasteiger partial charge >= 0.3 is 0 Å². The number of benzene rings is 1. The van der Waals surface area contributed by atoms with Crippen LogP contribution in [-0.2, 0) is 5.41 Å². The third-order valence-electron chi connectivity index (χ3n) is 4.37. The number of hydrogen-bond acceptors (Lipinski definition) is 2. The largest absolute Gasteiger partial charge is 0.495 e. The maximum atomic E-state index is 14.0. The highest BCUT2D eigenvalue weighted by atomic mass is 35.5. The van der Waals surface area contributed by atoms with E-state index in [1.165, 1.54) is 12.5 Å². The number of methoxy groups -OCH3 is 1. The second-order valence-corrected chi connectivity index (χ2v) is 5.83. The zero-order valence-corrected chi connectivity index (χ0v) is 12.3. The third kappa shape index (κ3) is 2.46. The van der Waals surface area contributed by atoms with E-state index in [2.05, 4.69) is 0 Å². The standard InChI is InChI=1S/C15H21ClFNO/c1-10-12(17)8-11(16)14(19-2)13(10)15(9-18)6-4-3-5-7-15/h8H,3-7,9,18H2,1-2H3. The molecule has 0 amide bonds. The van der Waals surface area contributed by atoms with Gasteiger partial charge in [0, 0.05) is 17.5 Å². The fourth-order valence-corrected chi connectivity index (χ4v) is 3.58.